The molecule has 3 N–H and O–H groups in total. The SMILES string of the molecule is CC(O)(C(=O)O)C(=O)OC(=O)O. The Labute approximate surface area is 66.2 Å². The van der Waals surface area contributed by atoms with Crippen LogP contribution in [0.25, 0.3) is 0 Å². The molecule has 1 unspecified atom stereocenters. The summed E-state index contributed by atoms with van der Waals surface area (Å²) in [4.78, 5) is 30.3. The maximum absolute atomic E-state index is 10.5. The first-order valence-electron chi connectivity index (χ1n) is 2.69. The van der Waals surface area contributed by atoms with Gasteiger partial charge in [-0.25, -0.2) is 14.4 Å². The summed E-state index contributed by atoms with van der Waals surface area (Å²) in [6, 6.07) is 0. The summed E-state index contributed by atoms with van der Waals surface area (Å²) in [7, 11) is 0. The van der Waals surface area contributed by atoms with Crippen LogP contribution in [-0.4, -0.2) is 39.0 Å². The van der Waals surface area contributed by atoms with E-state index in [4.69, 9.17) is 15.3 Å². The summed E-state index contributed by atoms with van der Waals surface area (Å²) in [6.07, 6.45) is -1.97. The summed E-state index contributed by atoms with van der Waals surface area (Å²) in [5.74, 6) is -3.63. The Hall–Kier alpha value is -1.63. The number of hydrogen-bond donors (Lipinski definition) is 3. The van der Waals surface area contributed by atoms with Crippen molar-refractivity contribution in [2.24, 2.45) is 0 Å². The van der Waals surface area contributed by atoms with E-state index in [2.05, 4.69) is 4.74 Å². The molecule has 0 spiro atoms. The molecule has 0 amide bonds. The molecule has 7 heteroatoms. The number of esters is 1. The molecule has 0 bridgehead atoms. The molecule has 7 nitrogen and oxygen atoms in total. The van der Waals surface area contributed by atoms with Gasteiger partial charge in [0.15, 0.2) is 0 Å². The molecule has 0 aromatic rings. The molecule has 0 saturated carbocycles. The van der Waals surface area contributed by atoms with Gasteiger partial charge < -0.3 is 20.1 Å². The van der Waals surface area contributed by atoms with Gasteiger partial charge in [0.25, 0.3) is 5.60 Å². The van der Waals surface area contributed by atoms with E-state index in [-0.39, 0.29) is 0 Å². The molecule has 0 aromatic carbocycles. The van der Waals surface area contributed by atoms with Crippen LogP contribution >= 0.6 is 0 Å². The van der Waals surface area contributed by atoms with Crippen molar-refractivity contribution in [3.05, 3.63) is 0 Å². The number of aliphatic hydroxyl groups is 1. The van der Waals surface area contributed by atoms with Gasteiger partial charge in [-0.15, -0.1) is 0 Å². The number of carboxylic acids is 1. The number of aliphatic carboxylic acids is 1. The third-order valence-corrected chi connectivity index (χ3v) is 0.994. The van der Waals surface area contributed by atoms with Crippen LogP contribution in [0.4, 0.5) is 4.79 Å². The highest BCUT2D eigenvalue weighted by Crippen LogP contribution is 2.05. The van der Waals surface area contributed by atoms with Gasteiger partial charge in [0.05, 0.1) is 0 Å². The second-order valence-corrected chi connectivity index (χ2v) is 2.03. The van der Waals surface area contributed by atoms with Crippen molar-refractivity contribution < 1.29 is 34.4 Å². The maximum Gasteiger partial charge on any atom is 0.513 e. The van der Waals surface area contributed by atoms with Crippen molar-refractivity contribution in [3.8, 4) is 0 Å². The molecule has 0 aromatic heterocycles. The summed E-state index contributed by atoms with van der Waals surface area (Å²) in [6.45, 7) is 0.612. The lowest BCUT2D eigenvalue weighted by Crippen LogP contribution is -2.45. The third-order valence-electron chi connectivity index (χ3n) is 0.994. The first kappa shape index (κ1) is 10.4. The molecule has 0 aliphatic rings. The van der Waals surface area contributed by atoms with Crippen LogP contribution in [0.1, 0.15) is 6.92 Å². The van der Waals surface area contributed by atoms with E-state index in [1.165, 1.54) is 0 Å². The molecule has 1 atom stereocenters. The van der Waals surface area contributed by atoms with Crippen molar-refractivity contribution in [1.29, 1.82) is 0 Å². The predicted molar refractivity (Wildman–Crippen MR) is 32.4 cm³/mol. The summed E-state index contributed by atoms with van der Waals surface area (Å²) < 4.78 is 3.42. The summed E-state index contributed by atoms with van der Waals surface area (Å²) in [5, 5.41) is 24.8. The topological polar surface area (TPSA) is 121 Å². The monoisotopic (exact) mass is 178 g/mol. The highest BCUT2D eigenvalue weighted by molar-refractivity contribution is 6.04. The Bertz CT molecular complexity index is 228. The van der Waals surface area contributed by atoms with Crippen molar-refractivity contribution in [3.63, 3.8) is 0 Å². The fourth-order valence-electron chi connectivity index (χ4n) is 0.266. The molecule has 0 heterocycles. The standard InChI is InChI=1S/C5H6O7/c1-5(11,2(6)7)3(8)12-4(9)10/h11H,1H3,(H,6,7)(H,9,10). The first-order valence-corrected chi connectivity index (χ1v) is 2.69. The average molecular weight is 178 g/mol. The zero-order valence-corrected chi connectivity index (χ0v) is 5.97. The molecule has 0 rings (SSSR count). The lowest BCUT2D eigenvalue weighted by molar-refractivity contribution is -0.174. The summed E-state index contributed by atoms with van der Waals surface area (Å²) >= 11 is 0. The molecule has 0 saturated heterocycles. The number of carbonyl (C=O) groups is 3. The van der Waals surface area contributed by atoms with Gasteiger partial charge in [-0.05, 0) is 6.92 Å². The Balaban J connectivity index is 4.47. The van der Waals surface area contributed by atoms with Crippen LogP contribution in [0.3, 0.4) is 0 Å². The Morgan fingerprint density at radius 3 is 1.92 bits per heavy atom. The Morgan fingerprint density at radius 2 is 1.67 bits per heavy atom. The quantitative estimate of drug-likeness (QED) is 0.367. The van der Waals surface area contributed by atoms with Gasteiger partial charge >= 0.3 is 18.1 Å². The van der Waals surface area contributed by atoms with E-state index in [0.717, 1.165) is 0 Å². The van der Waals surface area contributed by atoms with Crippen molar-refractivity contribution >= 4 is 18.1 Å². The van der Waals surface area contributed by atoms with Crippen LogP contribution in [0.2, 0.25) is 0 Å². The average Bonchev–Trinajstić information content (AvgIpc) is 1.85. The summed E-state index contributed by atoms with van der Waals surface area (Å²) in [5.41, 5.74) is -2.83. The molecular weight excluding hydrogens is 172 g/mol. The van der Waals surface area contributed by atoms with Crippen LogP contribution in [0.5, 0.6) is 0 Å². The second-order valence-electron chi connectivity index (χ2n) is 2.03. The number of hydrogen-bond acceptors (Lipinski definition) is 5. The van der Waals surface area contributed by atoms with E-state index in [1.807, 2.05) is 0 Å². The molecule has 0 aliphatic carbocycles. The van der Waals surface area contributed by atoms with Crippen LogP contribution in [0.15, 0.2) is 0 Å². The van der Waals surface area contributed by atoms with E-state index >= 15 is 0 Å². The fraction of sp³-hybridized carbons (Fsp3) is 0.400. The Morgan fingerprint density at radius 1 is 1.25 bits per heavy atom. The Kier molecular flexibility index (Phi) is 2.75. The minimum Gasteiger partial charge on any atom is -0.479 e. The second kappa shape index (κ2) is 3.18. The largest absolute Gasteiger partial charge is 0.513 e. The predicted octanol–water partition coefficient (Wildman–Crippen LogP) is -0.957. The highest BCUT2D eigenvalue weighted by atomic mass is 16.7. The smallest absolute Gasteiger partial charge is 0.479 e. The van der Waals surface area contributed by atoms with Crippen LogP contribution < -0.4 is 0 Å². The van der Waals surface area contributed by atoms with Crippen LogP contribution in [-0.2, 0) is 14.3 Å². The number of carboxylic acid groups (broad SMARTS) is 2. The van der Waals surface area contributed by atoms with E-state index in [0.29, 0.717) is 6.92 Å². The first-order chi connectivity index (χ1) is 5.28. The number of ether oxygens (including phenoxy) is 1. The van der Waals surface area contributed by atoms with Gasteiger partial charge in [-0.3, -0.25) is 0 Å². The van der Waals surface area contributed by atoms with Crippen molar-refractivity contribution in [2.75, 3.05) is 0 Å². The lowest BCUT2D eigenvalue weighted by atomic mass is 10.1. The molecule has 0 radical (unpaired) electrons. The minimum atomic E-state index is -2.83. The van der Waals surface area contributed by atoms with Crippen molar-refractivity contribution in [1.82, 2.24) is 0 Å². The zero-order valence-electron chi connectivity index (χ0n) is 5.97. The molecule has 0 fully saturated rings. The van der Waals surface area contributed by atoms with Gasteiger partial charge in [0.2, 0.25) is 0 Å². The molecule has 12 heavy (non-hydrogen) atoms. The normalized spacial score (nSPS) is 14.5. The van der Waals surface area contributed by atoms with Gasteiger partial charge in [-0.2, -0.15) is 0 Å². The molecular formula is C5H6O7. The third kappa shape index (κ3) is 2.20. The van der Waals surface area contributed by atoms with Crippen LogP contribution in [0, 0.1) is 0 Å². The van der Waals surface area contributed by atoms with E-state index < -0.39 is 23.7 Å². The fourth-order valence-corrected chi connectivity index (χ4v) is 0.266. The maximum atomic E-state index is 10.5. The van der Waals surface area contributed by atoms with Gasteiger partial charge in [0.1, 0.15) is 0 Å². The van der Waals surface area contributed by atoms with E-state index in [9.17, 15) is 14.4 Å². The van der Waals surface area contributed by atoms with Gasteiger partial charge in [0, 0.05) is 0 Å². The molecule has 0 aliphatic heterocycles. The zero-order chi connectivity index (χ0) is 9.94. The van der Waals surface area contributed by atoms with Crippen molar-refractivity contribution in [2.45, 2.75) is 12.5 Å². The highest BCUT2D eigenvalue weighted by Gasteiger charge is 2.42. The number of carbonyl (C=O) groups excluding carboxylic acids is 1. The van der Waals surface area contributed by atoms with Gasteiger partial charge in [-0.1, -0.05) is 0 Å². The van der Waals surface area contributed by atoms with E-state index in [1.54, 1.807) is 0 Å². The lowest BCUT2D eigenvalue weighted by Gasteiger charge is -2.13. The molecule has 68 valence electrons. The number of rotatable bonds is 2. The minimum absolute atomic E-state index is 0.612.